The summed E-state index contributed by atoms with van der Waals surface area (Å²) in [5.74, 6) is -1.32. The van der Waals surface area contributed by atoms with E-state index in [9.17, 15) is 14.0 Å². The molecule has 1 aromatic rings. The number of carboxylic acids is 1. The molecular formula is C18H22FNO4. The third-order valence-corrected chi connectivity index (χ3v) is 4.87. The molecule has 1 saturated carbocycles. The van der Waals surface area contributed by atoms with Crippen LogP contribution in [0.3, 0.4) is 0 Å². The van der Waals surface area contributed by atoms with E-state index < -0.39 is 5.97 Å². The van der Waals surface area contributed by atoms with Crippen LogP contribution < -0.4 is 0 Å². The molecule has 1 aliphatic heterocycles. The molecule has 1 aliphatic carbocycles. The van der Waals surface area contributed by atoms with Crippen molar-refractivity contribution in [3.63, 3.8) is 0 Å². The van der Waals surface area contributed by atoms with Gasteiger partial charge in [-0.15, -0.1) is 0 Å². The Hall–Kier alpha value is -1.95. The first-order valence-corrected chi connectivity index (χ1v) is 8.41. The predicted molar refractivity (Wildman–Crippen MR) is 85.1 cm³/mol. The van der Waals surface area contributed by atoms with Gasteiger partial charge in [0.25, 0.3) is 0 Å². The van der Waals surface area contributed by atoms with Gasteiger partial charge in [-0.3, -0.25) is 9.59 Å². The highest BCUT2D eigenvalue weighted by atomic mass is 19.1. The van der Waals surface area contributed by atoms with Crippen molar-refractivity contribution in [3.8, 4) is 0 Å². The number of halogens is 1. The number of nitrogens with zero attached hydrogens (tertiary/aromatic N) is 1. The lowest BCUT2D eigenvalue weighted by atomic mass is 10.0. The fourth-order valence-corrected chi connectivity index (χ4v) is 3.47. The average molecular weight is 335 g/mol. The van der Waals surface area contributed by atoms with E-state index in [1.165, 1.54) is 12.1 Å². The van der Waals surface area contributed by atoms with Gasteiger partial charge >= 0.3 is 5.97 Å². The van der Waals surface area contributed by atoms with Gasteiger partial charge in [0, 0.05) is 31.7 Å². The number of amides is 1. The maximum absolute atomic E-state index is 13.4. The minimum Gasteiger partial charge on any atom is -0.481 e. The van der Waals surface area contributed by atoms with Crippen LogP contribution in [0.2, 0.25) is 0 Å². The molecule has 1 saturated heterocycles. The van der Waals surface area contributed by atoms with Gasteiger partial charge in [-0.1, -0.05) is 12.1 Å². The number of carbonyl (C=O) groups excluding carboxylic acids is 1. The van der Waals surface area contributed by atoms with Crippen LogP contribution in [0.5, 0.6) is 0 Å². The molecule has 0 spiro atoms. The van der Waals surface area contributed by atoms with Crippen molar-refractivity contribution in [2.24, 2.45) is 5.92 Å². The molecule has 0 aromatic heterocycles. The molecule has 1 N–H and O–H groups in total. The van der Waals surface area contributed by atoms with Crippen molar-refractivity contribution >= 4 is 11.9 Å². The lowest BCUT2D eigenvalue weighted by molar-refractivity contribution is -0.141. The Bertz CT molecular complexity index is 615. The second-order valence-corrected chi connectivity index (χ2v) is 6.52. The van der Waals surface area contributed by atoms with Gasteiger partial charge in [-0.2, -0.15) is 0 Å². The van der Waals surface area contributed by atoms with E-state index in [1.807, 2.05) is 6.07 Å². The second kappa shape index (κ2) is 7.30. The Labute approximate surface area is 140 Å². The van der Waals surface area contributed by atoms with Crippen LogP contribution in [0.25, 0.3) is 0 Å². The standard InChI is InChI=1S/C18H22FNO4/c19-13-3-1-2-12(10-13)15-11-16(15)18(23)20(7-4-17(21)22)14-5-8-24-9-6-14/h1-3,10,14-16H,4-9,11H2,(H,21,22)/t15-,16-/m1/s1. The van der Waals surface area contributed by atoms with Gasteiger partial charge in [0.05, 0.1) is 6.42 Å². The largest absolute Gasteiger partial charge is 0.481 e. The van der Waals surface area contributed by atoms with Crippen LogP contribution in [0.4, 0.5) is 4.39 Å². The van der Waals surface area contributed by atoms with Gasteiger partial charge < -0.3 is 14.7 Å². The number of hydrogen-bond donors (Lipinski definition) is 1. The van der Waals surface area contributed by atoms with E-state index in [2.05, 4.69) is 0 Å². The molecule has 5 nitrogen and oxygen atoms in total. The monoisotopic (exact) mass is 335 g/mol. The van der Waals surface area contributed by atoms with Gasteiger partial charge in [0.1, 0.15) is 5.82 Å². The summed E-state index contributed by atoms with van der Waals surface area (Å²) in [5.41, 5.74) is 0.846. The number of ether oxygens (including phenoxy) is 1. The number of rotatable bonds is 6. The minimum absolute atomic E-state index is 0.00240. The summed E-state index contributed by atoms with van der Waals surface area (Å²) >= 11 is 0. The maximum Gasteiger partial charge on any atom is 0.305 e. The normalized spacial score (nSPS) is 23.7. The van der Waals surface area contributed by atoms with Crippen LogP contribution in [0.1, 0.15) is 37.2 Å². The molecule has 2 atom stereocenters. The fraction of sp³-hybridized carbons (Fsp3) is 0.556. The summed E-state index contributed by atoms with van der Waals surface area (Å²) in [4.78, 5) is 25.5. The van der Waals surface area contributed by atoms with E-state index >= 15 is 0 Å². The molecule has 2 fully saturated rings. The quantitative estimate of drug-likeness (QED) is 0.867. The first kappa shape index (κ1) is 16.9. The summed E-state index contributed by atoms with van der Waals surface area (Å²) < 4.78 is 18.7. The first-order valence-electron chi connectivity index (χ1n) is 8.41. The Balaban J connectivity index is 1.68. The van der Waals surface area contributed by atoms with Crippen LogP contribution in [0.15, 0.2) is 24.3 Å². The van der Waals surface area contributed by atoms with E-state index in [0.717, 1.165) is 18.4 Å². The summed E-state index contributed by atoms with van der Waals surface area (Å²) in [5, 5.41) is 8.95. The molecule has 0 unspecified atom stereocenters. The van der Waals surface area contributed by atoms with Crippen molar-refractivity contribution in [3.05, 3.63) is 35.6 Å². The van der Waals surface area contributed by atoms with Crippen molar-refractivity contribution in [2.45, 2.75) is 37.6 Å². The van der Waals surface area contributed by atoms with Gasteiger partial charge in [-0.05, 0) is 42.9 Å². The SMILES string of the molecule is O=C(O)CCN(C(=O)[C@@H]1C[C@@H]1c1cccc(F)c1)C1CCOCC1. The average Bonchev–Trinajstić information content (AvgIpc) is 3.36. The molecule has 0 radical (unpaired) electrons. The Morgan fingerprint density at radius 2 is 2.04 bits per heavy atom. The maximum atomic E-state index is 13.4. The Kier molecular flexibility index (Phi) is 5.14. The highest BCUT2D eigenvalue weighted by Crippen LogP contribution is 2.49. The van der Waals surface area contributed by atoms with Crippen molar-refractivity contribution in [1.82, 2.24) is 4.90 Å². The zero-order valence-corrected chi connectivity index (χ0v) is 13.5. The summed E-state index contributed by atoms with van der Waals surface area (Å²) in [6.45, 7) is 1.42. The second-order valence-electron chi connectivity index (χ2n) is 6.52. The van der Waals surface area contributed by atoms with Crippen LogP contribution in [-0.2, 0) is 14.3 Å². The van der Waals surface area contributed by atoms with Gasteiger partial charge in [0.15, 0.2) is 0 Å². The highest BCUT2D eigenvalue weighted by Gasteiger charge is 2.47. The predicted octanol–water partition coefficient (Wildman–Crippen LogP) is 2.41. The molecule has 130 valence electrons. The van der Waals surface area contributed by atoms with Crippen LogP contribution >= 0.6 is 0 Å². The fourth-order valence-electron chi connectivity index (χ4n) is 3.47. The Morgan fingerprint density at radius 1 is 1.29 bits per heavy atom. The van der Waals surface area contributed by atoms with Gasteiger partial charge in [-0.25, -0.2) is 4.39 Å². The lowest BCUT2D eigenvalue weighted by Gasteiger charge is -2.34. The summed E-state index contributed by atoms with van der Waals surface area (Å²) in [6, 6.07) is 6.42. The Morgan fingerprint density at radius 3 is 2.71 bits per heavy atom. The van der Waals surface area contributed by atoms with E-state index in [-0.39, 0.29) is 42.6 Å². The van der Waals surface area contributed by atoms with E-state index in [0.29, 0.717) is 19.6 Å². The third-order valence-electron chi connectivity index (χ3n) is 4.87. The first-order chi connectivity index (χ1) is 11.6. The molecule has 1 aromatic carbocycles. The molecular weight excluding hydrogens is 313 g/mol. The number of hydrogen-bond acceptors (Lipinski definition) is 3. The minimum atomic E-state index is -0.905. The topological polar surface area (TPSA) is 66.8 Å². The molecule has 6 heteroatoms. The van der Waals surface area contributed by atoms with Crippen LogP contribution in [0, 0.1) is 11.7 Å². The molecule has 1 heterocycles. The molecule has 0 bridgehead atoms. The number of carboxylic acid groups (broad SMARTS) is 1. The lowest BCUT2D eigenvalue weighted by Crippen LogP contribution is -2.45. The molecule has 2 aliphatic rings. The number of carbonyl (C=O) groups is 2. The van der Waals surface area contributed by atoms with E-state index in [4.69, 9.17) is 9.84 Å². The van der Waals surface area contributed by atoms with Crippen molar-refractivity contribution in [2.75, 3.05) is 19.8 Å². The zero-order chi connectivity index (χ0) is 17.1. The molecule has 24 heavy (non-hydrogen) atoms. The number of benzene rings is 1. The van der Waals surface area contributed by atoms with Gasteiger partial charge in [0.2, 0.25) is 5.91 Å². The smallest absolute Gasteiger partial charge is 0.305 e. The molecule has 1 amide bonds. The highest BCUT2D eigenvalue weighted by molar-refractivity contribution is 5.83. The van der Waals surface area contributed by atoms with E-state index in [1.54, 1.807) is 11.0 Å². The summed E-state index contributed by atoms with van der Waals surface area (Å²) in [6.07, 6.45) is 2.13. The van der Waals surface area contributed by atoms with Crippen LogP contribution in [-0.4, -0.2) is 47.7 Å². The summed E-state index contributed by atoms with van der Waals surface area (Å²) in [7, 11) is 0. The zero-order valence-electron chi connectivity index (χ0n) is 13.5. The molecule has 3 rings (SSSR count). The third kappa shape index (κ3) is 3.93. The van der Waals surface area contributed by atoms with Crippen molar-refractivity contribution < 1.29 is 23.8 Å². The van der Waals surface area contributed by atoms with Crippen molar-refractivity contribution in [1.29, 1.82) is 0 Å². The number of aliphatic carboxylic acids is 1.